The smallest absolute Gasteiger partial charge is 0.137 e. The highest BCUT2D eigenvalue weighted by molar-refractivity contribution is 7.10. The number of halogens is 1. The molecule has 0 saturated heterocycles. The van der Waals surface area contributed by atoms with Crippen LogP contribution in [0.3, 0.4) is 0 Å². The lowest BCUT2D eigenvalue weighted by molar-refractivity contribution is 0.581. The summed E-state index contributed by atoms with van der Waals surface area (Å²) >= 11 is 1.51. The third kappa shape index (κ3) is 1.62. The summed E-state index contributed by atoms with van der Waals surface area (Å²) in [4.78, 5) is 1.15. The van der Waals surface area contributed by atoms with Crippen LogP contribution in [0.2, 0.25) is 0 Å². The van der Waals surface area contributed by atoms with Gasteiger partial charge in [0.05, 0.1) is 0 Å². The molecule has 1 heterocycles. The lowest BCUT2D eigenvalue weighted by Crippen LogP contribution is -2.10. The number of hydrogen-bond donors (Lipinski definition) is 0. The Morgan fingerprint density at radius 2 is 1.91 bits per heavy atom. The van der Waals surface area contributed by atoms with Crippen molar-refractivity contribution in [2.75, 3.05) is 0 Å². The van der Waals surface area contributed by atoms with E-state index in [4.69, 9.17) is 0 Å². The third-order valence-corrected chi connectivity index (χ3v) is 3.14. The van der Waals surface area contributed by atoms with E-state index in [1.165, 1.54) is 11.3 Å². The zero-order valence-corrected chi connectivity index (χ0v) is 8.18. The highest BCUT2D eigenvalue weighted by atomic mass is 32.1. The summed E-state index contributed by atoms with van der Waals surface area (Å²) in [7, 11) is 0. The largest absolute Gasteiger partial charge is 0.206 e. The first-order valence-corrected chi connectivity index (χ1v) is 4.55. The van der Waals surface area contributed by atoms with E-state index in [-0.39, 0.29) is 11.2 Å². The van der Waals surface area contributed by atoms with Gasteiger partial charge in [-0.25, -0.2) is 4.39 Å². The quantitative estimate of drug-likeness (QED) is 0.562. The van der Waals surface area contributed by atoms with Crippen LogP contribution < -0.4 is 0 Å². The minimum Gasteiger partial charge on any atom is -0.206 e. The van der Waals surface area contributed by atoms with E-state index >= 15 is 0 Å². The summed E-state index contributed by atoms with van der Waals surface area (Å²) in [5, 5.41) is 1.58. The highest BCUT2D eigenvalue weighted by Gasteiger charge is 2.19. The summed E-state index contributed by atoms with van der Waals surface area (Å²) in [5.74, 6) is -0.0695. The van der Waals surface area contributed by atoms with Crippen LogP contribution in [-0.2, 0) is 5.41 Å². The first-order valence-electron chi connectivity index (χ1n) is 3.67. The van der Waals surface area contributed by atoms with Crippen LogP contribution in [0.1, 0.15) is 31.2 Å². The molecule has 1 aromatic heterocycles. The molecule has 0 aromatic carbocycles. The lowest BCUT2D eigenvalue weighted by Gasteiger charge is -2.17. The minimum atomic E-state index is -0.0695. The Morgan fingerprint density at radius 1 is 1.36 bits per heavy atom. The molecule has 0 unspecified atom stereocenters. The lowest BCUT2D eigenvalue weighted by atomic mass is 9.92. The van der Waals surface area contributed by atoms with E-state index in [0.717, 1.165) is 10.4 Å². The molecule has 62 valence electrons. The summed E-state index contributed by atoms with van der Waals surface area (Å²) in [6.45, 7) is 8.15. The second-order valence-electron chi connectivity index (χ2n) is 3.79. The molecule has 0 aliphatic carbocycles. The van der Waals surface area contributed by atoms with Gasteiger partial charge in [0.15, 0.2) is 0 Å². The second kappa shape index (κ2) is 2.59. The van der Waals surface area contributed by atoms with Crippen LogP contribution in [0.25, 0.3) is 0 Å². The fourth-order valence-corrected chi connectivity index (χ4v) is 2.16. The highest BCUT2D eigenvalue weighted by Crippen LogP contribution is 2.32. The van der Waals surface area contributed by atoms with Crippen molar-refractivity contribution < 1.29 is 4.39 Å². The number of thiophene rings is 1. The Kier molecular flexibility index (Phi) is 2.06. The number of rotatable bonds is 0. The van der Waals surface area contributed by atoms with E-state index in [0.29, 0.717) is 0 Å². The maximum atomic E-state index is 12.9. The van der Waals surface area contributed by atoms with Gasteiger partial charge >= 0.3 is 0 Å². The topological polar surface area (TPSA) is 0 Å². The van der Waals surface area contributed by atoms with Gasteiger partial charge in [-0.05, 0) is 17.9 Å². The standard InChI is InChI=1S/C9H13FS/c1-6-7(10)5-11-8(6)9(2,3)4/h5H,1-4H3. The molecule has 0 fully saturated rings. The Labute approximate surface area is 71.1 Å². The Bertz CT molecular complexity index is 255. The SMILES string of the molecule is Cc1c(F)csc1C(C)(C)C. The monoisotopic (exact) mass is 172 g/mol. The van der Waals surface area contributed by atoms with Crippen molar-refractivity contribution in [3.63, 3.8) is 0 Å². The van der Waals surface area contributed by atoms with Gasteiger partial charge in [-0.2, -0.15) is 0 Å². The van der Waals surface area contributed by atoms with Gasteiger partial charge in [-0.1, -0.05) is 20.8 Å². The van der Waals surface area contributed by atoms with Crippen LogP contribution in [0, 0.1) is 12.7 Å². The van der Waals surface area contributed by atoms with Crippen LogP contribution in [0.4, 0.5) is 4.39 Å². The Hall–Kier alpha value is -0.370. The Morgan fingerprint density at radius 3 is 2.09 bits per heavy atom. The van der Waals surface area contributed by atoms with Crippen molar-refractivity contribution in [3.05, 3.63) is 21.6 Å². The van der Waals surface area contributed by atoms with Gasteiger partial charge in [0, 0.05) is 10.3 Å². The first-order chi connectivity index (χ1) is 4.93. The van der Waals surface area contributed by atoms with Crippen LogP contribution in [0.5, 0.6) is 0 Å². The molecule has 2 heteroatoms. The first kappa shape index (κ1) is 8.72. The molecular formula is C9H13FS. The summed E-state index contributed by atoms with van der Waals surface area (Å²) in [6, 6.07) is 0. The molecule has 11 heavy (non-hydrogen) atoms. The van der Waals surface area contributed by atoms with E-state index in [9.17, 15) is 4.39 Å². The zero-order chi connectivity index (χ0) is 8.65. The van der Waals surface area contributed by atoms with Gasteiger partial charge in [0.25, 0.3) is 0 Å². The van der Waals surface area contributed by atoms with E-state index in [2.05, 4.69) is 20.8 Å². The van der Waals surface area contributed by atoms with E-state index in [1.807, 2.05) is 6.92 Å². The predicted molar refractivity (Wildman–Crippen MR) is 47.7 cm³/mol. The summed E-state index contributed by atoms with van der Waals surface area (Å²) in [6.07, 6.45) is 0. The van der Waals surface area contributed by atoms with Crippen molar-refractivity contribution in [2.45, 2.75) is 33.1 Å². The van der Waals surface area contributed by atoms with E-state index < -0.39 is 0 Å². The average Bonchev–Trinajstić information content (AvgIpc) is 2.11. The fourth-order valence-electron chi connectivity index (χ4n) is 1.14. The molecule has 0 N–H and O–H groups in total. The van der Waals surface area contributed by atoms with Crippen LogP contribution >= 0.6 is 11.3 Å². The van der Waals surface area contributed by atoms with Gasteiger partial charge < -0.3 is 0 Å². The summed E-state index contributed by atoms with van der Waals surface area (Å²) < 4.78 is 12.9. The molecule has 0 saturated carbocycles. The fraction of sp³-hybridized carbons (Fsp3) is 0.556. The third-order valence-electron chi connectivity index (χ3n) is 1.66. The summed E-state index contributed by atoms with van der Waals surface area (Å²) in [5.41, 5.74) is 0.890. The maximum Gasteiger partial charge on any atom is 0.137 e. The van der Waals surface area contributed by atoms with Crippen molar-refractivity contribution in [1.29, 1.82) is 0 Å². The van der Waals surface area contributed by atoms with Gasteiger partial charge in [0.2, 0.25) is 0 Å². The second-order valence-corrected chi connectivity index (χ2v) is 4.67. The molecule has 0 nitrogen and oxygen atoms in total. The van der Waals surface area contributed by atoms with Gasteiger partial charge in [-0.3, -0.25) is 0 Å². The van der Waals surface area contributed by atoms with Gasteiger partial charge in [-0.15, -0.1) is 11.3 Å². The molecular weight excluding hydrogens is 159 g/mol. The van der Waals surface area contributed by atoms with E-state index in [1.54, 1.807) is 5.38 Å². The minimum absolute atomic E-state index is 0.0695. The predicted octanol–water partition coefficient (Wildman–Crippen LogP) is 3.49. The zero-order valence-electron chi connectivity index (χ0n) is 7.36. The molecule has 0 radical (unpaired) electrons. The van der Waals surface area contributed by atoms with Gasteiger partial charge in [0.1, 0.15) is 5.82 Å². The Balaban J connectivity index is 3.15. The van der Waals surface area contributed by atoms with Crippen LogP contribution in [0.15, 0.2) is 5.38 Å². The van der Waals surface area contributed by atoms with Crippen molar-refractivity contribution in [2.24, 2.45) is 0 Å². The number of hydrogen-bond acceptors (Lipinski definition) is 1. The van der Waals surface area contributed by atoms with Crippen molar-refractivity contribution >= 4 is 11.3 Å². The molecule has 0 bridgehead atoms. The molecule has 0 aliphatic heterocycles. The molecule has 0 atom stereocenters. The molecule has 1 rings (SSSR count). The maximum absolute atomic E-state index is 12.9. The average molecular weight is 172 g/mol. The molecule has 0 aliphatic rings. The normalized spacial score (nSPS) is 12.1. The van der Waals surface area contributed by atoms with Crippen LogP contribution in [-0.4, -0.2) is 0 Å². The molecule has 0 amide bonds. The molecule has 1 aromatic rings. The molecule has 0 spiro atoms. The van der Waals surface area contributed by atoms with Crippen molar-refractivity contribution in [1.82, 2.24) is 0 Å². The van der Waals surface area contributed by atoms with Crippen molar-refractivity contribution in [3.8, 4) is 0 Å².